The van der Waals surface area contributed by atoms with Crippen LogP contribution < -0.4 is 20.1 Å². The summed E-state index contributed by atoms with van der Waals surface area (Å²) in [6.45, 7) is 2.83. The van der Waals surface area contributed by atoms with E-state index < -0.39 is 0 Å². The number of H-pyrrole nitrogens is 1. The first-order chi connectivity index (χ1) is 15.6. The third-order valence-electron chi connectivity index (χ3n) is 5.18. The maximum absolute atomic E-state index is 12.7. The molecule has 0 saturated heterocycles. The predicted octanol–water partition coefficient (Wildman–Crippen LogP) is 4.15. The number of carbonyl (C=O) groups excluding carboxylic acids is 2. The van der Waals surface area contributed by atoms with Crippen LogP contribution >= 0.6 is 0 Å². The fraction of sp³-hybridized carbons (Fsp3) is 0.125. The molecule has 0 atom stereocenters. The second-order valence-corrected chi connectivity index (χ2v) is 7.42. The minimum Gasteiger partial charge on any atom is -0.486 e. The first kappa shape index (κ1) is 19.6. The van der Waals surface area contributed by atoms with Gasteiger partial charge in [0.1, 0.15) is 18.9 Å². The molecule has 8 nitrogen and oxygen atoms in total. The van der Waals surface area contributed by atoms with Crippen LogP contribution in [0.15, 0.2) is 60.8 Å². The fourth-order valence-electron chi connectivity index (χ4n) is 3.49. The number of aromatic amines is 1. The number of amides is 2. The molecule has 3 N–H and O–H groups in total. The molecule has 0 spiro atoms. The van der Waals surface area contributed by atoms with Crippen LogP contribution in [0.25, 0.3) is 11.0 Å². The Morgan fingerprint density at radius 3 is 2.62 bits per heavy atom. The van der Waals surface area contributed by atoms with Crippen molar-refractivity contribution in [2.75, 3.05) is 23.8 Å². The summed E-state index contributed by atoms with van der Waals surface area (Å²) in [5.74, 6) is 0.597. The SMILES string of the molecule is Cc1ccc(NC(=O)c2ccc3c(c2)OCCO3)cc1NC(=O)c1cc2ncccc2[nH]1. The summed E-state index contributed by atoms with van der Waals surface area (Å²) in [7, 11) is 0. The maximum atomic E-state index is 12.7. The zero-order valence-corrected chi connectivity index (χ0v) is 17.3. The van der Waals surface area contributed by atoms with Crippen molar-refractivity contribution in [1.82, 2.24) is 9.97 Å². The number of ether oxygens (including phenoxy) is 2. The first-order valence-electron chi connectivity index (χ1n) is 10.1. The van der Waals surface area contributed by atoms with Gasteiger partial charge in [0.15, 0.2) is 11.5 Å². The number of nitrogens with one attached hydrogen (secondary N) is 3. The Bertz CT molecular complexity index is 1310. The zero-order chi connectivity index (χ0) is 22.1. The molecule has 0 fully saturated rings. The number of hydrogen-bond acceptors (Lipinski definition) is 5. The molecular formula is C24H20N4O4. The van der Waals surface area contributed by atoms with Crippen molar-refractivity contribution < 1.29 is 19.1 Å². The van der Waals surface area contributed by atoms with E-state index in [4.69, 9.17) is 9.47 Å². The van der Waals surface area contributed by atoms with Crippen LogP contribution in [0.2, 0.25) is 0 Å². The molecule has 4 aromatic rings. The number of aryl methyl sites for hydroxylation is 1. The van der Waals surface area contributed by atoms with Gasteiger partial charge in [0.25, 0.3) is 11.8 Å². The summed E-state index contributed by atoms with van der Waals surface area (Å²) in [5, 5.41) is 5.76. The zero-order valence-electron chi connectivity index (χ0n) is 17.3. The Hall–Kier alpha value is -4.33. The molecule has 3 heterocycles. The van der Waals surface area contributed by atoms with Gasteiger partial charge in [0.2, 0.25) is 0 Å². The fourth-order valence-corrected chi connectivity index (χ4v) is 3.49. The summed E-state index contributed by atoms with van der Waals surface area (Å²) in [6.07, 6.45) is 1.68. The summed E-state index contributed by atoms with van der Waals surface area (Å²) in [5.41, 5.74) is 4.38. The summed E-state index contributed by atoms with van der Waals surface area (Å²) >= 11 is 0. The van der Waals surface area contributed by atoms with Gasteiger partial charge in [-0.2, -0.15) is 0 Å². The number of benzene rings is 2. The normalized spacial score (nSPS) is 12.4. The summed E-state index contributed by atoms with van der Waals surface area (Å²) in [6, 6.07) is 15.8. The largest absolute Gasteiger partial charge is 0.486 e. The van der Waals surface area contributed by atoms with E-state index in [0.29, 0.717) is 47.3 Å². The molecule has 1 aliphatic heterocycles. The minimum atomic E-state index is -0.290. The monoisotopic (exact) mass is 428 g/mol. The molecule has 32 heavy (non-hydrogen) atoms. The highest BCUT2D eigenvalue weighted by molar-refractivity contribution is 6.07. The van der Waals surface area contributed by atoms with Gasteiger partial charge in [-0.3, -0.25) is 14.6 Å². The molecule has 0 unspecified atom stereocenters. The molecule has 1 aliphatic rings. The molecule has 2 amide bonds. The van der Waals surface area contributed by atoms with Gasteiger partial charge >= 0.3 is 0 Å². The van der Waals surface area contributed by atoms with Gasteiger partial charge in [-0.1, -0.05) is 6.07 Å². The van der Waals surface area contributed by atoms with Crippen molar-refractivity contribution in [1.29, 1.82) is 0 Å². The van der Waals surface area contributed by atoms with Crippen LogP contribution in [0.1, 0.15) is 26.4 Å². The van der Waals surface area contributed by atoms with E-state index in [2.05, 4.69) is 20.6 Å². The standard InChI is InChI=1S/C24H20N4O4/c1-14-4-6-16(26-23(29)15-5-7-21-22(11-15)32-10-9-31-21)12-18(14)28-24(30)20-13-19-17(27-20)3-2-8-25-19/h2-8,11-13,27H,9-10H2,1H3,(H,26,29)(H,28,30). The van der Waals surface area contributed by atoms with Gasteiger partial charge < -0.3 is 25.1 Å². The number of hydrogen-bond donors (Lipinski definition) is 3. The van der Waals surface area contributed by atoms with Crippen molar-refractivity contribution in [2.24, 2.45) is 0 Å². The van der Waals surface area contributed by atoms with Crippen LogP contribution in [-0.4, -0.2) is 35.0 Å². The van der Waals surface area contributed by atoms with E-state index in [1.54, 1.807) is 48.7 Å². The molecule has 2 aromatic heterocycles. The smallest absolute Gasteiger partial charge is 0.272 e. The number of fused-ring (bicyclic) bond motifs is 2. The van der Waals surface area contributed by atoms with Crippen molar-refractivity contribution in [3.05, 3.63) is 77.6 Å². The lowest BCUT2D eigenvalue weighted by Gasteiger charge is -2.18. The second kappa shape index (κ2) is 8.07. The van der Waals surface area contributed by atoms with Crippen molar-refractivity contribution in [2.45, 2.75) is 6.92 Å². The molecule has 2 aromatic carbocycles. The topological polar surface area (TPSA) is 105 Å². The Kier molecular flexibility index (Phi) is 4.95. The third kappa shape index (κ3) is 3.85. The average molecular weight is 428 g/mol. The lowest BCUT2D eigenvalue weighted by atomic mass is 10.1. The quantitative estimate of drug-likeness (QED) is 0.453. The molecule has 8 heteroatoms. The molecule has 0 radical (unpaired) electrons. The molecule has 0 bridgehead atoms. The highest BCUT2D eigenvalue weighted by atomic mass is 16.6. The van der Waals surface area contributed by atoms with Gasteiger partial charge in [-0.15, -0.1) is 0 Å². The van der Waals surface area contributed by atoms with Gasteiger partial charge in [-0.05, 0) is 61.0 Å². The Balaban J connectivity index is 1.33. The predicted molar refractivity (Wildman–Crippen MR) is 121 cm³/mol. The second-order valence-electron chi connectivity index (χ2n) is 7.42. The highest BCUT2D eigenvalue weighted by Gasteiger charge is 2.16. The van der Waals surface area contributed by atoms with Crippen molar-refractivity contribution in [3.8, 4) is 11.5 Å². The molecule has 160 valence electrons. The van der Waals surface area contributed by atoms with E-state index >= 15 is 0 Å². The first-order valence-corrected chi connectivity index (χ1v) is 10.1. The Morgan fingerprint density at radius 1 is 0.938 bits per heavy atom. The minimum absolute atomic E-state index is 0.287. The number of rotatable bonds is 4. The van der Waals surface area contributed by atoms with Crippen LogP contribution in [-0.2, 0) is 0 Å². The van der Waals surface area contributed by atoms with Crippen LogP contribution in [0.4, 0.5) is 11.4 Å². The average Bonchev–Trinajstić information content (AvgIpc) is 3.25. The van der Waals surface area contributed by atoms with Gasteiger partial charge in [0.05, 0.1) is 11.0 Å². The number of anilines is 2. The highest BCUT2D eigenvalue weighted by Crippen LogP contribution is 2.31. The third-order valence-corrected chi connectivity index (χ3v) is 5.18. The van der Waals surface area contributed by atoms with Crippen LogP contribution in [0.3, 0.4) is 0 Å². The lowest BCUT2D eigenvalue weighted by Crippen LogP contribution is -2.17. The van der Waals surface area contributed by atoms with E-state index in [1.807, 2.05) is 19.1 Å². The number of carbonyl (C=O) groups is 2. The van der Waals surface area contributed by atoms with Crippen molar-refractivity contribution >= 4 is 34.2 Å². The van der Waals surface area contributed by atoms with E-state index in [-0.39, 0.29) is 11.8 Å². The maximum Gasteiger partial charge on any atom is 0.272 e. The van der Waals surface area contributed by atoms with E-state index in [0.717, 1.165) is 16.6 Å². The molecule has 0 aliphatic carbocycles. The number of aromatic nitrogens is 2. The van der Waals surface area contributed by atoms with Crippen LogP contribution in [0, 0.1) is 6.92 Å². The molecular weight excluding hydrogens is 408 g/mol. The summed E-state index contributed by atoms with van der Waals surface area (Å²) in [4.78, 5) is 32.8. The summed E-state index contributed by atoms with van der Waals surface area (Å²) < 4.78 is 11.0. The van der Waals surface area contributed by atoms with Gasteiger partial charge in [0, 0.05) is 23.1 Å². The van der Waals surface area contributed by atoms with Crippen LogP contribution in [0.5, 0.6) is 11.5 Å². The number of nitrogens with zero attached hydrogens (tertiary/aromatic N) is 1. The van der Waals surface area contributed by atoms with E-state index in [9.17, 15) is 9.59 Å². The molecule has 0 saturated carbocycles. The van der Waals surface area contributed by atoms with E-state index in [1.165, 1.54) is 0 Å². The number of pyridine rings is 1. The van der Waals surface area contributed by atoms with Gasteiger partial charge in [-0.25, -0.2) is 0 Å². The lowest BCUT2D eigenvalue weighted by molar-refractivity contribution is 0.101. The van der Waals surface area contributed by atoms with Crippen molar-refractivity contribution in [3.63, 3.8) is 0 Å². The Labute approximate surface area is 183 Å². The molecule has 5 rings (SSSR count). The Morgan fingerprint density at radius 2 is 1.78 bits per heavy atom.